The van der Waals surface area contributed by atoms with E-state index in [-0.39, 0.29) is 6.04 Å². The number of benzene rings is 1. The van der Waals surface area contributed by atoms with Crippen molar-refractivity contribution in [2.75, 3.05) is 11.9 Å². The molecule has 1 aliphatic carbocycles. The van der Waals surface area contributed by atoms with Crippen LogP contribution < -0.4 is 10.6 Å². The summed E-state index contributed by atoms with van der Waals surface area (Å²) in [5, 5.41) is 0.857. The van der Waals surface area contributed by atoms with Gasteiger partial charge in [-0.2, -0.15) is 0 Å². The van der Waals surface area contributed by atoms with Crippen molar-refractivity contribution in [2.24, 2.45) is 5.73 Å². The Hall–Kier alpha value is -0.730. The lowest BCUT2D eigenvalue weighted by molar-refractivity contribution is 0.644. The standard InChI is InChI=1S/C16H25ClN2/c1-3-13(18)10-12-8-9-16(15(17)11-12)19(2)14-6-4-5-7-14/h8-9,11,13-14H,3-7,10,18H2,1-2H3. The fraction of sp³-hybridized carbons (Fsp3) is 0.625. The summed E-state index contributed by atoms with van der Waals surface area (Å²) in [6.07, 6.45) is 7.17. The Bertz CT molecular complexity index is 413. The number of hydrogen-bond acceptors (Lipinski definition) is 2. The van der Waals surface area contributed by atoms with Crippen LogP contribution in [0.4, 0.5) is 5.69 Å². The Kier molecular flexibility index (Phi) is 5.12. The Morgan fingerprint density at radius 2 is 2.05 bits per heavy atom. The van der Waals surface area contributed by atoms with Crippen LogP contribution in [0.15, 0.2) is 18.2 Å². The molecule has 0 amide bonds. The Balaban J connectivity index is 2.09. The van der Waals surface area contributed by atoms with Gasteiger partial charge in [0.05, 0.1) is 10.7 Å². The molecule has 1 saturated carbocycles. The third-order valence-corrected chi connectivity index (χ3v) is 4.59. The summed E-state index contributed by atoms with van der Waals surface area (Å²) in [5.41, 5.74) is 8.39. The van der Waals surface area contributed by atoms with Crippen LogP contribution in [0, 0.1) is 0 Å². The number of anilines is 1. The molecule has 0 bridgehead atoms. The van der Waals surface area contributed by atoms with E-state index >= 15 is 0 Å². The summed E-state index contributed by atoms with van der Waals surface area (Å²) >= 11 is 6.45. The van der Waals surface area contributed by atoms with E-state index in [9.17, 15) is 0 Å². The molecule has 1 atom stereocenters. The van der Waals surface area contributed by atoms with Crippen LogP contribution in [-0.4, -0.2) is 19.1 Å². The smallest absolute Gasteiger partial charge is 0.0642 e. The molecule has 19 heavy (non-hydrogen) atoms. The minimum Gasteiger partial charge on any atom is -0.370 e. The fourth-order valence-electron chi connectivity index (χ4n) is 2.90. The summed E-state index contributed by atoms with van der Waals surface area (Å²) < 4.78 is 0. The molecule has 0 aliphatic heterocycles. The first-order valence-electron chi connectivity index (χ1n) is 7.38. The predicted molar refractivity (Wildman–Crippen MR) is 84.1 cm³/mol. The minimum atomic E-state index is 0.231. The van der Waals surface area contributed by atoms with Crippen molar-refractivity contribution in [3.05, 3.63) is 28.8 Å². The molecule has 0 saturated heterocycles. The Morgan fingerprint density at radius 3 is 2.63 bits per heavy atom. The number of rotatable bonds is 5. The van der Waals surface area contributed by atoms with Gasteiger partial charge in [-0.25, -0.2) is 0 Å². The molecule has 0 heterocycles. The first kappa shape index (κ1) is 14.7. The van der Waals surface area contributed by atoms with Gasteiger partial charge in [0.25, 0.3) is 0 Å². The van der Waals surface area contributed by atoms with Crippen LogP contribution in [0.2, 0.25) is 5.02 Å². The van der Waals surface area contributed by atoms with Crippen LogP contribution in [0.3, 0.4) is 0 Å². The number of halogens is 1. The Labute approximate surface area is 121 Å². The molecule has 0 spiro atoms. The zero-order valence-electron chi connectivity index (χ0n) is 12.0. The zero-order chi connectivity index (χ0) is 13.8. The maximum atomic E-state index is 6.45. The average Bonchev–Trinajstić information content (AvgIpc) is 2.92. The van der Waals surface area contributed by atoms with E-state index in [4.69, 9.17) is 17.3 Å². The predicted octanol–water partition coefficient (Wildman–Crippen LogP) is 4.00. The highest BCUT2D eigenvalue weighted by molar-refractivity contribution is 6.33. The lowest BCUT2D eigenvalue weighted by Gasteiger charge is -2.27. The second kappa shape index (κ2) is 6.62. The van der Waals surface area contributed by atoms with E-state index in [0.717, 1.165) is 23.6 Å². The van der Waals surface area contributed by atoms with Crippen LogP contribution >= 0.6 is 11.6 Å². The molecule has 1 aliphatic rings. The van der Waals surface area contributed by atoms with Crippen LogP contribution in [-0.2, 0) is 6.42 Å². The van der Waals surface area contributed by atoms with Crippen molar-refractivity contribution in [1.82, 2.24) is 0 Å². The summed E-state index contributed by atoms with van der Waals surface area (Å²) in [6.45, 7) is 2.12. The molecule has 2 nitrogen and oxygen atoms in total. The topological polar surface area (TPSA) is 29.3 Å². The quantitative estimate of drug-likeness (QED) is 0.883. The fourth-order valence-corrected chi connectivity index (χ4v) is 3.24. The molecule has 0 aromatic heterocycles. The summed E-state index contributed by atoms with van der Waals surface area (Å²) in [5.74, 6) is 0. The van der Waals surface area contributed by atoms with E-state index in [2.05, 4.69) is 37.1 Å². The van der Waals surface area contributed by atoms with Crippen molar-refractivity contribution in [3.8, 4) is 0 Å². The maximum absolute atomic E-state index is 6.45. The minimum absolute atomic E-state index is 0.231. The summed E-state index contributed by atoms with van der Waals surface area (Å²) in [4.78, 5) is 2.35. The van der Waals surface area contributed by atoms with Gasteiger partial charge in [0.1, 0.15) is 0 Å². The average molecular weight is 281 g/mol. The third-order valence-electron chi connectivity index (χ3n) is 4.29. The van der Waals surface area contributed by atoms with E-state index in [0.29, 0.717) is 6.04 Å². The van der Waals surface area contributed by atoms with Crippen molar-refractivity contribution >= 4 is 17.3 Å². The zero-order valence-corrected chi connectivity index (χ0v) is 12.8. The van der Waals surface area contributed by atoms with Crippen LogP contribution in [0.5, 0.6) is 0 Å². The molecular weight excluding hydrogens is 256 g/mol. The third kappa shape index (κ3) is 3.64. The van der Waals surface area contributed by atoms with Gasteiger partial charge in [-0.3, -0.25) is 0 Å². The van der Waals surface area contributed by atoms with Gasteiger partial charge in [0.15, 0.2) is 0 Å². The molecule has 106 valence electrons. The highest BCUT2D eigenvalue weighted by atomic mass is 35.5. The number of nitrogens with zero attached hydrogens (tertiary/aromatic N) is 1. The van der Waals surface area contributed by atoms with Gasteiger partial charge in [0, 0.05) is 19.1 Å². The van der Waals surface area contributed by atoms with Gasteiger partial charge in [-0.05, 0) is 43.4 Å². The first-order chi connectivity index (χ1) is 9.11. The second-order valence-corrected chi connectivity index (χ2v) is 6.11. The molecule has 1 aromatic carbocycles. The van der Waals surface area contributed by atoms with Gasteiger partial charge < -0.3 is 10.6 Å². The number of hydrogen-bond donors (Lipinski definition) is 1. The van der Waals surface area contributed by atoms with E-state index in [1.165, 1.54) is 31.2 Å². The van der Waals surface area contributed by atoms with Gasteiger partial charge in [-0.15, -0.1) is 0 Å². The van der Waals surface area contributed by atoms with Gasteiger partial charge in [0.2, 0.25) is 0 Å². The lowest BCUT2D eigenvalue weighted by atomic mass is 10.0. The molecule has 0 radical (unpaired) electrons. The second-order valence-electron chi connectivity index (χ2n) is 5.71. The molecule has 2 N–H and O–H groups in total. The number of nitrogens with two attached hydrogens (primary N) is 1. The lowest BCUT2D eigenvalue weighted by Crippen LogP contribution is -2.29. The highest BCUT2D eigenvalue weighted by Gasteiger charge is 2.21. The van der Waals surface area contributed by atoms with Crippen molar-refractivity contribution in [3.63, 3.8) is 0 Å². The van der Waals surface area contributed by atoms with E-state index < -0.39 is 0 Å². The normalized spacial score (nSPS) is 17.7. The molecule has 1 unspecified atom stereocenters. The van der Waals surface area contributed by atoms with Crippen molar-refractivity contribution in [1.29, 1.82) is 0 Å². The monoisotopic (exact) mass is 280 g/mol. The van der Waals surface area contributed by atoms with Gasteiger partial charge >= 0.3 is 0 Å². The van der Waals surface area contributed by atoms with Gasteiger partial charge in [-0.1, -0.05) is 37.4 Å². The summed E-state index contributed by atoms with van der Waals surface area (Å²) in [7, 11) is 2.16. The first-order valence-corrected chi connectivity index (χ1v) is 7.76. The molecule has 1 aromatic rings. The van der Waals surface area contributed by atoms with Crippen molar-refractivity contribution in [2.45, 2.75) is 57.5 Å². The van der Waals surface area contributed by atoms with E-state index in [1.807, 2.05) is 0 Å². The summed E-state index contributed by atoms with van der Waals surface area (Å²) in [6, 6.07) is 7.29. The van der Waals surface area contributed by atoms with E-state index in [1.54, 1.807) is 0 Å². The van der Waals surface area contributed by atoms with Crippen LogP contribution in [0.25, 0.3) is 0 Å². The maximum Gasteiger partial charge on any atom is 0.0642 e. The van der Waals surface area contributed by atoms with Crippen LogP contribution in [0.1, 0.15) is 44.6 Å². The molecule has 3 heteroatoms. The SMILES string of the molecule is CCC(N)Cc1ccc(N(C)C2CCCC2)c(Cl)c1. The molecule has 2 rings (SSSR count). The highest BCUT2D eigenvalue weighted by Crippen LogP contribution is 2.32. The van der Waals surface area contributed by atoms with Crippen molar-refractivity contribution < 1.29 is 0 Å². The molecule has 1 fully saturated rings. The largest absolute Gasteiger partial charge is 0.370 e. The Morgan fingerprint density at radius 1 is 1.37 bits per heavy atom. The molecular formula is C16H25ClN2.